The van der Waals surface area contributed by atoms with Gasteiger partial charge in [-0.1, -0.05) is 124 Å². The van der Waals surface area contributed by atoms with Gasteiger partial charge in [-0.2, -0.15) is 0 Å². The molecule has 0 aliphatic heterocycles. The van der Waals surface area contributed by atoms with E-state index in [0.29, 0.717) is 11.8 Å². The fraction of sp³-hybridized carbons (Fsp3) is 0.571. The third kappa shape index (κ3) is 7.92. The molecular weight excluding hydrogens is 436 g/mol. The van der Waals surface area contributed by atoms with Crippen molar-refractivity contribution in [1.29, 1.82) is 0 Å². The predicted octanol–water partition coefficient (Wildman–Crippen LogP) is 10.6. The van der Waals surface area contributed by atoms with Crippen LogP contribution in [0.5, 0.6) is 0 Å². The maximum Gasteiger partial charge on any atom is 0.162 e. The molecule has 3 rings (SSSR count). The van der Waals surface area contributed by atoms with Gasteiger partial charge in [0, 0.05) is 12.0 Å². The molecule has 2 aromatic rings. The quantitative estimate of drug-likeness (QED) is 0.205. The molecule has 1 heteroatoms. The zero-order valence-corrected chi connectivity index (χ0v) is 25.0. The van der Waals surface area contributed by atoms with E-state index in [1.54, 1.807) is 5.56 Å². The van der Waals surface area contributed by atoms with Crippen LogP contribution in [0, 0.1) is 5.41 Å². The molecule has 0 amide bonds. The molecule has 0 atom stereocenters. The highest BCUT2D eigenvalue weighted by atomic mass is 16.1. The lowest BCUT2D eigenvalue weighted by molar-refractivity contribution is 0.0988. The van der Waals surface area contributed by atoms with Gasteiger partial charge in [0.15, 0.2) is 5.78 Å². The first-order chi connectivity index (χ1) is 16.8. The van der Waals surface area contributed by atoms with E-state index in [1.165, 1.54) is 48.8 Å². The predicted molar refractivity (Wildman–Crippen MR) is 160 cm³/mol. The highest BCUT2D eigenvalue weighted by Crippen LogP contribution is 2.47. The van der Waals surface area contributed by atoms with Crippen molar-refractivity contribution >= 4 is 17.9 Å². The average Bonchev–Trinajstić information content (AvgIpc) is 2.84. The number of carbonyl (C=O) groups is 1. The Bertz CT molecular complexity index is 1030. The van der Waals surface area contributed by atoms with Gasteiger partial charge in [0.2, 0.25) is 0 Å². The second kappa shape index (κ2) is 12.4. The molecule has 2 aromatic carbocycles. The molecule has 0 aromatic heterocycles. The second-order valence-corrected chi connectivity index (χ2v) is 12.9. The summed E-state index contributed by atoms with van der Waals surface area (Å²) in [7, 11) is 0. The minimum absolute atomic E-state index is 0.201. The minimum atomic E-state index is 0.201. The molecule has 0 fully saturated rings. The molecule has 0 radical (unpaired) electrons. The number of carbonyl (C=O) groups excluding carboxylic acids is 1. The van der Waals surface area contributed by atoms with Crippen LogP contribution in [0.1, 0.15) is 146 Å². The van der Waals surface area contributed by atoms with E-state index in [4.69, 9.17) is 0 Å². The van der Waals surface area contributed by atoms with E-state index >= 15 is 0 Å². The number of benzene rings is 2. The zero-order chi connectivity index (χ0) is 27.1. The van der Waals surface area contributed by atoms with E-state index < -0.39 is 0 Å². The van der Waals surface area contributed by atoms with Crippen LogP contribution in [0.3, 0.4) is 0 Å². The third-order valence-corrected chi connectivity index (χ3v) is 7.74. The Kier molecular flexibility index (Phi) is 10.4. The zero-order valence-electron chi connectivity index (χ0n) is 25.0. The fourth-order valence-electron chi connectivity index (χ4n) is 5.19. The van der Waals surface area contributed by atoms with Crippen molar-refractivity contribution < 1.29 is 4.79 Å². The van der Waals surface area contributed by atoms with E-state index in [9.17, 15) is 4.79 Å². The van der Waals surface area contributed by atoms with Crippen LogP contribution in [0.4, 0.5) is 0 Å². The lowest BCUT2D eigenvalue weighted by atomic mass is 9.62. The molecule has 0 saturated heterocycles. The number of fused-ring (bicyclic) bond motifs is 1. The fourth-order valence-corrected chi connectivity index (χ4v) is 5.19. The number of hydrogen-bond donors (Lipinski definition) is 0. The first kappa shape index (κ1) is 30.1. The van der Waals surface area contributed by atoms with Gasteiger partial charge in [-0.15, -0.1) is 0 Å². The number of unbranched alkanes of at least 4 members (excludes halogenated alkanes) is 1. The molecule has 0 heterocycles. The van der Waals surface area contributed by atoms with Crippen molar-refractivity contribution in [3.63, 3.8) is 0 Å². The second-order valence-electron chi connectivity index (χ2n) is 12.9. The number of rotatable bonds is 8. The maximum atomic E-state index is 12.0. The van der Waals surface area contributed by atoms with Gasteiger partial charge in [-0.25, -0.2) is 0 Å². The smallest absolute Gasteiger partial charge is 0.162 e. The molecule has 0 spiro atoms. The van der Waals surface area contributed by atoms with Gasteiger partial charge in [0.05, 0.1) is 0 Å². The van der Waals surface area contributed by atoms with Gasteiger partial charge in [-0.05, 0) is 76.2 Å². The van der Waals surface area contributed by atoms with Crippen LogP contribution >= 0.6 is 0 Å². The molecule has 0 bridgehead atoms. The van der Waals surface area contributed by atoms with Crippen molar-refractivity contribution in [1.82, 2.24) is 0 Å². The van der Waals surface area contributed by atoms with Crippen molar-refractivity contribution in [2.45, 2.75) is 125 Å². The van der Waals surface area contributed by atoms with Crippen molar-refractivity contribution in [3.05, 3.63) is 69.8 Å². The van der Waals surface area contributed by atoms with E-state index in [2.05, 4.69) is 84.9 Å². The first-order valence-corrected chi connectivity index (χ1v) is 14.3. The van der Waals surface area contributed by atoms with Gasteiger partial charge in [0.1, 0.15) is 0 Å². The number of ketones is 1. The summed E-state index contributed by atoms with van der Waals surface area (Å²) in [5.41, 5.74) is 8.69. The van der Waals surface area contributed by atoms with Gasteiger partial charge in [-0.3, -0.25) is 4.79 Å². The summed E-state index contributed by atoms with van der Waals surface area (Å²) >= 11 is 0. The SMILES string of the molecule is CC.CCC(=O)c1ccc(/C=C/c2cc3c(cc2CCCCC(C)(C)C)C(C)(C)CCC3(C)C)cc1. The molecule has 1 aliphatic rings. The molecule has 1 nitrogen and oxygen atoms in total. The molecule has 1 aliphatic carbocycles. The van der Waals surface area contributed by atoms with Gasteiger partial charge < -0.3 is 0 Å². The number of hydrogen-bond acceptors (Lipinski definition) is 1. The number of aryl methyl sites for hydroxylation is 1. The van der Waals surface area contributed by atoms with Crippen molar-refractivity contribution in [2.24, 2.45) is 5.41 Å². The summed E-state index contributed by atoms with van der Waals surface area (Å²) in [6.07, 6.45) is 12.4. The molecule has 0 unspecified atom stereocenters. The number of Topliss-reactive ketones (excluding diaryl/α,β-unsaturated/α-hetero) is 1. The van der Waals surface area contributed by atoms with Crippen LogP contribution in [-0.4, -0.2) is 5.78 Å². The summed E-state index contributed by atoms with van der Waals surface area (Å²) < 4.78 is 0. The Morgan fingerprint density at radius 3 is 1.94 bits per heavy atom. The average molecular weight is 489 g/mol. The lowest BCUT2D eigenvalue weighted by Crippen LogP contribution is -2.34. The van der Waals surface area contributed by atoms with Crippen LogP contribution in [0.15, 0.2) is 36.4 Å². The summed E-state index contributed by atoms with van der Waals surface area (Å²) in [6, 6.07) is 13.1. The van der Waals surface area contributed by atoms with E-state index in [0.717, 1.165) is 17.5 Å². The Morgan fingerprint density at radius 1 is 0.861 bits per heavy atom. The van der Waals surface area contributed by atoms with Gasteiger partial charge in [0.25, 0.3) is 0 Å². The van der Waals surface area contributed by atoms with E-state index in [1.807, 2.05) is 32.9 Å². The lowest BCUT2D eigenvalue weighted by Gasteiger charge is -2.42. The Morgan fingerprint density at radius 2 is 1.42 bits per heavy atom. The molecular formula is C35H52O. The normalized spacial score (nSPS) is 16.3. The monoisotopic (exact) mass is 488 g/mol. The summed E-state index contributed by atoms with van der Waals surface area (Å²) in [5, 5.41) is 0. The largest absolute Gasteiger partial charge is 0.294 e. The standard InChI is InChI=1S/C33H46O.C2H6/c1-9-30(34)25-16-13-24(14-17-25)15-18-27-23-29-28(32(5,6)20-21-33(29,7)8)22-26(27)12-10-11-19-31(2,3)4;1-2/h13-18,22-23H,9-12,19-21H2,1-8H3;1-2H3/b18-15+;. The van der Waals surface area contributed by atoms with Gasteiger partial charge >= 0.3 is 0 Å². The van der Waals surface area contributed by atoms with Crippen LogP contribution in [0.25, 0.3) is 12.2 Å². The summed E-state index contributed by atoms with van der Waals surface area (Å²) in [5.74, 6) is 0.201. The Labute approximate surface area is 222 Å². The first-order valence-electron chi connectivity index (χ1n) is 14.3. The van der Waals surface area contributed by atoms with Crippen LogP contribution in [-0.2, 0) is 17.3 Å². The van der Waals surface area contributed by atoms with Crippen molar-refractivity contribution in [3.8, 4) is 0 Å². The molecule has 198 valence electrons. The van der Waals surface area contributed by atoms with Crippen LogP contribution in [0.2, 0.25) is 0 Å². The van der Waals surface area contributed by atoms with E-state index in [-0.39, 0.29) is 16.6 Å². The summed E-state index contributed by atoms with van der Waals surface area (Å²) in [6.45, 7) is 22.6. The van der Waals surface area contributed by atoms with Crippen LogP contribution < -0.4 is 0 Å². The Hall–Kier alpha value is -2.15. The molecule has 0 saturated carbocycles. The maximum absolute atomic E-state index is 12.0. The Balaban J connectivity index is 0.00000222. The topological polar surface area (TPSA) is 17.1 Å². The summed E-state index contributed by atoms with van der Waals surface area (Å²) in [4.78, 5) is 12.0. The highest BCUT2D eigenvalue weighted by Gasteiger charge is 2.37. The molecule has 0 N–H and O–H groups in total. The highest BCUT2D eigenvalue weighted by molar-refractivity contribution is 5.96. The minimum Gasteiger partial charge on any atom is -0.294 e. The third-order valence-electron chi connectivity index (χ3n) is 7.74. The molecule has 36 heavy (non-hydrogen) atoms. The van der Waals surface area contributed by atoms with Crippen molar-refractivity contribution in [2.75, 3.05) is 0 Å².